The third-order valence-electron chi connectivity index (χ3n) is 2.63. The van der Waals surface area contributed by atoms with Gasteiger partial charge in [-0.2, -0.15) is 0 Å². The van der Waals surface area contributed by atoms with Gasteiger partial charge in [-0.05, 0) is 48.9 Å². The average molecular weight is 257 g/mol. The van der Waals surface area contributed by atoms with Crippen LogP contribution in [-0.4, -0.2) is 17.8 Å². The molecule has 4 heteroatoms. The van der Waals surface area contributed by atoms with E-state index in [0.717, 1.165) is 5.69 Å². The van der Waals surface area contributed by atoms with Crippen molar-refractivity contribution >= 4 is 11.7 Å². The van der Waals surface area contributed by atoms with Crippen molar-refractivity contribution < 1.29 is 14.6 Å². The summed E-state index contributed by atoms with van der Waals surface area (Å²) in [5, 5.41) is 11.9. The fourth-order valence-electron chi connectivity index (χ4n) is 1.65. The van der Waals surface area contributed by atoms with Crippen molar-refractivity contribution in [3.05, 3.63) is 59.7 Å². The third kappa shape index (κ3) is 3.74. The van der Waals surface area contributed by atoms with Gasteiger partial charge in [-0.25, -0.2) is 4.79 Å². The van der Waals surface area contributed by atoms with Crippen molar-refractivity contribution in [2.45, 2.75) is 6.92 Å². The van der Waals surface area contributed by atoms with E-state index in [1.807, 2.05) is 31.2 Å². The van der Waals surface area contributed by atoms with E-state index in [-0.39, 0.29) is 5.56 Å². The van der Waals surface area contributed by atoms with Gasteiger partial charge in [0.25, 0.3) is 0 Å². The van der Waals surface area contributed by atoms with E-state index in [9.17, 15) is 4.79 Å². The van der Waals surface area contributed by atoms with E-state index in [0.29, 0.717) is 12.5 Å². The number of ether oxygens (including phenoxy) is 1. The van der Waals surface area contributed by atoms with Crippen LogP contribution < -0.4 is 10.1 Å². The number of rotatable bonds is 5. The van der Waals surface area contributed by atoms with Crippen molar-refractivity contribution in [3.8, 4) is 5.75 Å². The molecular weight excluding hydrogens is 242 g/mol. The van der Waals surface area contributed by atoms with Crippen LogP contribution in [0, 0.1) is 6.92 Å². The van der Waals surface area contributed by atoms with Crippen LogP contribution in [0.5, 0.6) is 5.75 Å². The Morgan fingerprint density at radius 1 is 1.21 bits per heavy atom. The highest BCUT2D eigenvalue weighted by Crippen LogP contribution is 2.13. The van der Waals surface area contributed by atoms with E-state index < -0.39 is 5.97 Å². The molecule has 2 aromatic carbocycles. The zero-order valence-corrected chi connectivity index (χ0v) is 10.6. The van der Waals surface area contributed by atoms with Crippen LogP contribution >= 0.6 is 0 Å². The van der Waals surface area contributed by atoms with Crippen LogP contribution in [0.2, 0.25) is 0 Å². The third-order valence-corrected chi connectivity index (χ3v) is 2.63. The highest BCUT2D eigenvalue weighted by molar-refractivity contribution is 5.87. The molecule has 0 bridgehead atoms. The first-order chi connectivity index (χ1) is 9.15. The maximum atomic E-state index is 10.7. The Labute approximate surface area is 111 Å². The van der Waals surface area contributed by atoms with Crippen LogP contribution in [0.4, 0.5) is 5.69 Å². The second-order valence-electron chi connectivity index (χ2n) is 4.16. The van der Waals surface area contributed by atoms with E-state index in [2.05, 4.69) is 5.32 Å². The van der Waals surface area contributed by atoms with Crippen LogP contribution in [0.15, 0.2) is 48.5 Å². The van der Waals surface area contributed by atoms with Gasteiger partial charge in [-0.1, -0.05) is 12.1 Å². The largest absolute Gasteiger partial charge is 0.478 e. The molecule has 98 valence electrons. The Morgan fingerprint density at radius 2 is 1.95 bits per heavy atom. The molecule has 0 amide bonds. The number of benzene rings is 2. The highest BCUT2D eigenvalue weighted by Gasteiger charge is 2.01. The second kappa shape index (κ2) is 5.91. The summed E-state index contributed by atoms with van der Waals surface area (Å²) in [4.78, 5) is 10.7. The molecule has 0 unspecified atom stereocenters. The van der Waals surface area contributed by atoms with Crippen LogP contribution in [-0.2, 0) is 0 Å². The number of carbonyl (C=O) groups is 1. The van der Waals surface area contributed by atoms with Gasteiger partial charge in [0.2, 0.25) is 0 Å². The van der Waals surface area contributed by atoms with Crippen molar-refractivity contribution in [1.29, 1.82) is 0 Å². The fraction of sp³-hybridized carbons (Fsp3) is 0.133. The molecule has 0 aliphatic rings. The minimum Gasteiger partial charge on any atom is -0.478 e. The molecule has 0 saturated heterocycles. The van der Waals surface area contributed by atoms with E-state index in [1.165, 1.54) is 17.7 Å². The summed E-state index contributed by atoms with van der Waals surface area (Å²) in [6.45, 7) is 2.35. The fourth-order valence-corrected chi connectivity index (χ4v) is 1.65. The number of anilines is 1. The van der Waals surface area contributed by atoms with Gasteiger partial charge in [0.1, 0.15) is 5.75 Å². The number of nitrogens with one attached hydrogen (secondary N) is 1. The summed E-state index contributed by atoms with van der Waals surface area (Å²) in [5.41, 5.74) is 2.41. The Morgan fingerprint density at radius 3 is 2.58 bits per heavy atom. The predicted molar refractivity (Wildman–Crippen MR) is 73.7 cm³/mol. The van der Waals surface area contributed by atoms with Gasteiger partial charge in [-0.3, -0.25) is 0 Å². The van der Waals surface area contributed by atoms with Gasteiger partial charge < -0.3 is 15.2 Å². The molecule has 0 heterocycles. The molecule has 0 radical (unpaired) electrons. The predicted octanol–water partition coefficient (Wildman–Crippen LogP) is 3.14. The van der Waals surface area contributed by atoms with Gasteiger partial charge in [0, 0.05) is 5.69 Å². The molecule has 2 N–H and O–H groups in total. The highest BCUT2D eigenvalue weighted by atomic mass is 16.5. The molecule has 0 aliphatic carbocycles. The lowest BCUT2D eigenvalue weighted by Gasteiger charge is -2.09. The van der Waals surface area contributed by atoms with Gasteiger partial charge in [0.05, 0.1) is 5.56 Å². The molecule has 0 saturated carbocycles. The summed E-state index contributed by atoms with van der Waals surface area (Å²) >= 11 is 0. The number of aryl methyl sites for hydroxylation is 1. The first-order valence-electron chi connectivity index (χ1n) is 5.92. The molecule has 2 aromatic rings. The Hall–Kier alpha value is -2.49. The first-order valence-corrected chi connectivity index (χ1v) is 5.92. The molecule has 0 spiro atoms. The average Bonchev–Trinajstić information content (AvgIpc) is 2.39. The van der Waals surface area contributed by atoms with E-state index in [1.54, 1.807) is 12.1 Å². The SMILES string of the molecule is Cc1cccc(NCOc2ccc(C(=O)O)cc2)c1. The molecule has 0 aliphatic heterocycles. The zero-order valence-electron chi connectivity index (χ0n) is 10.6. The van der Waals surface area contributed by atoms with Gasteiger partial charge in [0.15, 0.2) is 6.73 Å². The lowest BCUT2D eigenvalue weighted by Crippen LogP contribution is -2.09. The van der Waals surface area contributed by atoms with Crippen molar-refractivity contribution in [3.63, 3.8) is 0 Å². The topological polar surface area (TPSA) is 58.6 Å². The number of aromatic carboxylic acids is 1. The normalized spacial score (nSPS) is 9.95. The Bertz CT molecular complexity index is 564. The van der Waals surface area contributed by atoms with Crippen molar-refractivity contribution in [2.75, 3.05) is 12.0 Å². The van der Waals surface area contributed by atoms with E-state index in [4.69, 9.17) is 9.84 Å². The van der Waals surface area contributed by atoms with Crippen molar-refractivity contribution in [1.82, 2.24) is 0 Å². The molecule has 19 heavy (non-hydrogen) atoms. The maximum Gasteiger partial charge on any atom is 0.335 e. The van der Waals surface area contributed by atoms with E-state index >= 15 is 0 Å². The number of hydrogen-bond donors (Lipinski definition) is 2. The molecule has 0 fully saturated rings. The summed E-state index contributed by atoms with van der Waals surface area (Å²) < 4.78 is 5.48. The minimum atomic E-state index is -0.940. The first kappa shape index (κ1) is 13.0. The summed E-state index contributed by atoms with van der Waals surface area (Å²) in [5.74, 6) is -0.311. The number of hydrogen-bond acceptors (Lipinski definition) is 3. The van der Waals surface area contributed by atoms with Gasteiger partial charge in [-0.15, -0.1) is 0 Å². The maximum absolute atomic E-state index is 10.7. The molecule has 0 aromatic heterocycles. The number of carboxylic acid groups (broad SMARTS) is 1. The molecule has 4 nitrogen and oxygen atoms in total. The number of carboxylic acids is 1. The second-order valence-corrected chi connectivity index (χ2v) is 4.16. The molecule has 0 atom stereocenters. The van der Waals surface area contributed by atoms with Crippen LogP contribution in [0.3, 0.4) is 0 Å². The smallest absolute Gasteiger partial charge is 0.335 e. The summed E-state index contributed by atoms with van der Waals surface area (Å²) in [6, 6.07) is 14.3. The lowest BCUT2D eigenvalue weighted by molar-refractivity contribution is 0.0697. The zero-order chi connectivity index (χ0) is 13.7. The van der Waals surface area contributed by atoms with Crippen LogP contribution in [0.1, 0.15) is 15.9 Å². The monoisotopic (exact) mass is 257 g/mol. The molecular formula is C15H15NO3. The van der Waals surface area contributed by atoms with Crippen LogP contribution in [0.25, 0.3) is 0 Å². The molecule has 2 rings (SSSR count). The summed E-state index contributed by atoms with van der Waals surface area (Å²) in [6.07, 6.45) is 0. The summed E-state index contributed by atoms with van der Waals surface area (Å²) in [7, 11) is 0. The Kier molecular flexibility index (Phi) is 4.03. The minimum absolute atomic E-state index is 0.249. The van der Waals surface area contributed by atoms with Gasteiger partial charge >= 0.3 is 5.97 Å². The van der Waals surface area contributed by atoms with Crippen molar-refractivity contribution in [2.24, 2.45) is 0 Å². The standard InChI is InChI=1S/C15H15NO3/c1-11-3-2-4-13(9-11)16-10-19-14-7-5-12(6-8-14)15(17)18/h2-9,16H,10H2,1H3,(H,17,18). The lowest BCUT2D eigenvalue weighted by atomic mass is 10.2. The quantitative estimate of drug-likeness (QED) is 0.808. The Balaban J connectivity index is 1.87.